The maximum atomic E-state index is 12.6. The van der Waals surface area contributed by atoms with Gasteiger partial charge in [-0.25, -0.2) is 4.79 Å². The average Bonchev–Trinajstić information content (AvgIpc) is 2.80. The van der Waals surface area contributed by atoms with Crippen LogP contribution in [0.4, 0.5) is 11.4 Å². The normalized spacial score (nSPS) is 12.6. The number of amides is 2. The third-order valence-electron chi connectivity index (χ3n) is 5.06. The van der Waals surface area contributed by atoms with Crippen LogP contribution in [0.25, 0.3) is 0 Å². The zero-order valence-corrected chi connectivity index (χ0v) is 18.2. The van der Waals surface area contributed by atoms with E-state index in [4.69, 9.17) is 9.47 Å². The number of Topliss-reactive ketones (excluding diaryl/α,β-unsaturated/α-hetero) is 1. The molecule has 0 unspecified atom stereocenters. The molecule has 1 N–H and O–H groups in total. The number of carbonyl (C=O) groups excluding carboxylic acids is 4. The van der Waals surface area contributed by atoms with Crippen molar-refractivity contribution in [1.29, 1.82) is 0 Å². The van der Waals surface area contributed by atoms with Crippen LogP contribution in [0.1, 0.15) is 53.3 Å². The second-order valence-corrected chi connectivity index (χ2v) is 7.47. The van der Waals surface area contributed by atoms with Crippen LogP contribution >= 0.6 is 0 Å². The first-order chi connectivity index (χ1) is 15.4. The molecule has 0 radical (unpaired) electrons. The van der Waals surface area contributed by atoms with Crippen LogP contribution in [-0.2, 0) is 14.3 Å². The molecule has 2 amide bonds. The third-order valence-corrected chi connectivity index (χ3v) is 5.06. The number of anilines is 2. The second kappa shape index (κ2) is 10.6. The standard InChI is InChI=1S/C24H26N2O6/c1-3-4-12-31-24(30)17-6-5-7-18(13-17)25-22(28)11-9-20(27)16-8-10-21-19(14-16)26(2)23(29)15-32-21/h5-8,10,13-14H,3-4,9,11-12,15H2,1-2H3,(H,25,28). The van der Waals surface area contributed by atoms with E-state index in [9.17, 15) is 19.2 Å². The average molecular weight is 438 g/mol. The number of benzene rings is 2. The largest absolute Gasteiger partial charge is 0.482 e. The highest BCUT2D eigenvalue weighted by Crippen LogP contribution is 2.32. The topological polar surface area (TPSA) is 102 Å². The van der Waals surface area contributed by atoms with Crippen LogP contribution in [-0.4, -0.2) is 43.8 Å². The number of carbonyl (C=O) groups is 4. The zero-order valence-electron chi connectivity index (χ0n) is 18.2. The van der Waals surface area contributed by atoms with Gasteiger partial charge in [-0.2, -0.15) is 0 Å². The quantitative estimate of drug-likeness (QED) is 0.365. The molecule has 1 heterocycles. The second-order valence-electron chi connectivity index (χ2n) is 7.47. The molecule has 0 fully saturated rings. The van der Waals surface area contributed by atoms with Gasteiger partial charge in [0.25, 0.3) is 5.91 Å². The number of fused-ring (bicyclic) bond motifs is 1. The van der Waals surface area contributed by atoms with Crippen molar-refractivity contribution in [2.24, 2.45) is 0 Å². The van der Waals surface area contributed by atoms with E-state index >= 15 is 0 Å². The van der Waals surface area contributed by atoms with Crippen LogP contribution in [0.5, 0.6) is 5.75 Å². The summed E-state index contributed by atoms with van der Waals surface area (Å²) in [5.74, 6) is -0.664. The number of ether oxygens (including phenoxy) is 2. The van der Waals surface area contributed by atoms with Gasteiger partial charge in [0.15, 0.2) is 12.4 Å². The smallest absolute Gasteiger partial charge is 0.338 e. The highest BCUT2D eigenvalue weighted by atomic mass is 16.5. The minimum absolute atomic E-state index is 0.00187. The predicted molar refractivity (Wildman–Crippen MR) is 119 cm³/mol. The Balaban J connectivity index is 1.55. The molecule has 0 saturated heterocycles. The Kier molecular flexibility index (Phi) is 7.59. The highest BCUT2D eigenvalue weighted by molar-refractivity contribution is 6.03. The molecule has 1 aliphatic rings. The summed E-state index contributed by atoms with van der Waals surface area (Å²) in [6, 6.07) is 11.4. The number of likely N-dealkylation sites (N-methyl/N-ethyl adjacent to an activating group) is 1. The summed E-state index contributed by atoms with van der Waals surface area (Å²) < 4.78 is 10.5. The molecule has 8 heteroatoms. The van der Waals surface area contributed by atoms with Crippen molar-refractivity contribution in [2.75, 3.05) is 30.5 Å². The number of unbranched alkanes of at least 4 members (excludes halogenated alkanes) is 1. The predicted octanol–water partition coefficient (Wildman–Crippen LogP) is 3.60. The van der Waals surface area contributed by atoms with E-state index in [2.05, 4.69) is 5.32 Å². The Morgan fingerprint density at radius 3 is 2.69 bits per heavy atom. The Hall–Kier alpha value is -3.68. The van der Waals surface area contributed by atoms with E-state index in [1.54, 1.807) is 49.5 Å². The summed E-state index contributed by atoms with van der Waals surface area (Å²) in [5, 5.41) is 2.70. The summed E-state index contributed by atoms with van der Waals surface area (Å²) >= 11 is 0. The fourth-order valence-corrected chi connectivity index (χ4v) is 3.16. The van der Waals surface area contributed by atoms with E-state index < -0.39 is 5.97 Å². The van der Waals surface area contributed by atoms with Gasteiger partial charge in [-0.15, -0.1) is 0 Å². The lowest BCUT2D eigenvalue weighted by Gasteiger charge is -2.26. The Morgan fingerprint density at radius 2 is 1.91 bits per heavy atom. The molecule has 1 aliphatic heterocycles. The molecule has 2 aromatic carbocycles. The van der Waals surface area contributed by atoms with Gasteiger partial charge < -0.3 is 19.7 Å². The first kappa shape index (κ1) is 23.0. The first-order valence-electron chi connectivity index (χ1n) is 10.5. The van der Waals surface area contributed by atoms with E-state index in [-0.39, 0.29) is 37.0 Å². The molecular formula is C24H26N2O6. The van der Waals surface area contributed by atoms with Gasteiger partial charge in [-0.05, 0) is 42.8 Å². The minimum atomic E-state index is -0.440. The lowest BCUT2D eigenvalue weighted by molar-refractivity contribution is -0.121. The molecule has 32 heavy (non-hydrogen) atoms. The maximum absolute atomic E-state index is 12.6. The fraction of sp³-hybridized carbons (Fsp3) is 0.333. The zero-order chi connectivity index (χ0) is 23.1. The molecule has 0 saturated carbocycles. The number of rotatable bonds is 9. The Morgan fingerprint density at radius 1 is 1.09 bits per heavy atom. The molecule has 3 rings (SSSR count). The van der Waals surface area contributed by atoms with E-state index in [0.717, 1.165) is 12.8 Å². The number of esters is 1. The summed E-state index contributed by atoms with van der Waals surface area (Å²) in [5.41, 5.74) is 1.74. The third kappa shape index (κ3) is 5.72. The number of hydrogen-bond donors (Lipinski definition) is 1. The molecule has 0 bridgehead atoms. The lowest BCUT2D eigenvalue weighted by Crippen LogP contribution is -2.35. The number of nitrogens with one attached hydrogen (secondary N) is 1. The molecule has 0 aliphatic carbocycles. The van der Waals surface area contributed by atoms with Crippen molar-refractivity contribution < 1.29 is 28.7 Å². The molecular weight excluding hydrogens is 412 g/mol. The van der Waals surface area contributed by atoms with Crippen LogP contribution in [0.15, 0.2) is 42.5 Å². The lowest BCUT2D eigenvalue weighted by atomic mass is 10.0. The van der Waals surface area contributed by atoms with Gasteiger partial charge in [0.2, 0.25) is 5.91 Å². The van der Waals surface area contributed by atoms with Crippen molar-refractivity contribution in [3.63, 3.8) is 0 Å². The Bertz CT molecular complexity index is 1030. The van der Waals surface area contributed by atoms with Gasteiger partial charge in [0.05, 0.1) is 17.9 Å². The number of ketones is 1. The van der Waals surface area contributed by atoms with Gasteiger partial charge >= 0.3 is 5.97 Å². The highest BCUT2D eigenvalue weighted by Gasteiger charge is 2.23. The monoisotopic (exact) mass is 438 g/mol. The Labute approximate surface area is 186 Å². The number of hydrogen-bond acceptors (Lipinski definition) is 6. The molecule has 0 atom stereocenters. The van der Waals surface area contributed by atoms with Crippen molar-refractivity contribution in [1.82, 2.24) is 0 Å². The van der Waals surface area contributed by atoms with Crippen LogP contribution < -0.4 is 15.0 Å². The molecule has 2 aromatic rings. The molecule has 0 aromatic heterocycles. The van der Waals surface area contributed by atoms with E-state index in [1.807, 2.05) is 6.92 Å². The fourth-order valence-electron chi connectivity index (χ4n) is 3.16. The van der Waals surface area contributed by atoms with E-state index in [1.165, 1.54) is 4.90 Å². The summed E-state index contributed by atoms with van der Waals surface area (Å²) in [4.78, 5) is 50.2. The van der Waals surface area contributed by atoms with Crippen LogP contribution in [0.2, 0.25) is 0 Å². The van der Waals surface area contributed by atoms with Gasteiger partial charge in [-0.1, -0.05) is 19.4 Å². The molecule has 168 valence electrons. The minimum Gasteiger partial charge on any atom is -0.482 e. The maximum Gasteiger partial charge on any atom is 0.338 e. The first-order valence-corrected chi connectivity index (χ1v) is 10.5. The summed E-state index contributed by atoms with van der Waals surface area (Å²) in [6.45, 7) is 2.33. The van der Waals surface area contributed by atoms with Gasteiger partial charge in [0.1, 0.15) is 5.75 Å². The number of nitrogens with zero attached hydrogens (tertiary/aromatic N) is 1. The van der Waals surface area contributed by atoms with Crippen LogP contribution in [0, 0.1) is 0 Å². The molecule has 0 spiro atoms. The van der Waals surface area contributed by atoms with Crippen molar-refractivity contribution in [3.8, 4) is 5.75 Å². The summed E-state index contributed by atoms with van der Waals surface area (Å²) in [7, 11) is 1.62. The van der Waals surface area contributed by atoms with Crippen LogP contribution in [0.3, 0.4) is 0 Å². The SMILES string of the molecule is CCCCOC(=O)c1cccc(NC(=O)CCC(=O)c2ccc3c(c2)N(C)C(=O)CO3)c1. The molecule has 8 nitrogen and oxygen atoms in total. The van der Waals surface area contributed by atoms with Crippen molar-refractivity contribution in [3.05, 3.63) is 53.6 Å². The van der Waals surface area contributed by atoms with Crippen molar-refractivity contribution >= 4 is 34.9 Å². The van der Waals surface area contributed by atoms with E-state index in [0.29, 0.717) is 34.9 Å². The van der Waals surface area contributed by atoms with Gasteiger partial charge in [0, 0.05) is 31.1 Å². The van der Waals surface area contributed by atoms with Gasteiger partial charge in [-0.3, -0.25) is 14.4 Å². The summed E-state index contributed by atoms with van der Waals surface area (Å²) in [6.07, 6.45) is 1.70. The van der Waals surface area contributed by atoms with Crippen molar-refractivity contribution in [2.45, 2.75) is 32.6 Å².